The molecule has 2 amide bonds. The Morgan fingerprint density at radius 1 is 0.978 bits per heavy atom. The first-order chi connectivity index (χ1) is 21.6. The molecule has 4 aromatic rings. The van der Waals surface area contributed by atoms with Gasteiger partial charge in [-0.1, -0.05) is 6.07 Å². The number of anilines is 4. The lowest BCUT2D eigenvalue weighted by Crippen LogP contribution is -2.47. The van der Waals surface area contributed by atoms with Crippen LogP contribution in [-0.4, -0.2) is 86.7 Å². The van der Waals surface area contributed by atoms with Crippen LogP contribution in [0.15, 0.2) is 55.0 Å². The molecule has 45 heavy (non-hydrogen) atoms. The van der Waals surface area contributed by atoms with Crippen molar-refractivity contribution in [1.29, 1.82) is 5.26 Å². The van der Waals surface area contributed by atoms with Crippen molar-refractivity contribution in [1.82, 2.24) is 40.0 Å². The molecule has 14 nitrogen and oxygen atoms in total. The number of amides is 2. The van der Waals surface area contributed by atoms with Gasteiger partial charge < -0.3 is 26.3 Å². The van der Waals surface area contributed by atoms with E-state index < -0.39 is 5.41 Å². The van der Waals surface area contributed by atoms with Crippen molar-refractivity contribution >= 4 is 34.8 Å². The first-order valence-electron chi connectivity index (χ1n) is 14.5. The standard InChI is InChI=1S/C31H36N12O2/c1-20-6-7-22(37-29(44)21-8-9-34-25(14-21)31(2,3)18-32)15-23(20)38-28-16-24(30(45)33-4)39-43(28)27-17-26(35-19-36-27)40-42-12-10-41(5)11-13-42/h6-9,14-17,19,38H,10-13H2,1-5H3,(H,33,45)(H,37,44)(H,35,36,40). The van der Waals surface area contributed by atoms with Crippen LogP contribution in [0.1, 0.15) is 46.0 Å². The van der Waals surface area contributed by atoms with Crippen LogP contribution < -0.4 is 21.4 Å². The van der Waals surface area contributed by atoms with E-state index in [0.717, 1.165) is 31.7 Å². The fourth-order valence-corrected chi connectivity index (χ4v) is 4.63. The number of nitrogens with zero attached hydrogens (tertiary/aromatic N) is 8. The van der Waals surface area contributed by atoms with Gasteiger partial charge in [-0.15, -0.1) is 0 Å². The first kappa shape index (κ1) is 31.0. The van der Waals surface area contributed by atoms with Crippen LogP contribution in [0.3, 0.4) is 0 Å². The van der Waals surface area contributed by atoms with Gasteiger partial charge in [-0.2, -0.15) is 15.0 Å². The summed E-state index contributed by atoms with van der Waals surface area (Å²) < 4.78 is 1.54. The number of pyridine rings is 1. The molecular weight excluding hydrogens is 572 g/mol. The number of rotatable bonds is 9. The van der Waals surface area contributed by atoms with E-state index in [1.165, 1.54) is 12.5 Å². The molecule has 1 fully saturated rings. The smallest absolute Gasteiger partial charge is 0.271 e. The van der Waals surface area contributed by atoms with Crippen molar-refractivity contribution in [3.8, 4) is 11.9 Å². The number of aromatic nitrogens is 5. The van der Waals surface area contributed by atoms with Crippen molar-refractivity contribution in [2.75, 3.05) is 56.3 Å². The highest BCUT2D eigenvalue weighted by molar-refractivity contribution is 6.04. The summed E-state index contributed by atoms with van der Waals surface area (Å²) in [5.74, 6) is 0.856. The second-order valence-electron chi connectivity index (χ2n) is 11.3. The average molecular weight is 609 g/mol. The van der Waals surface area contributed by atoms with Crippen LogP contribution in [0.25, 0.3) is 5.82 Å². The number of hydrogen-bond donors (Lipinski definition) is 4. The van der Waals surface area contributed by atoms with Gasteiger partial charge in [0.25, 0.3) is 11.8 Å². The molecule has 4 N–H and O–H groups in total. The third kappa shape index (κ3) is 7.23. The van der Waals surface area contributed by atoms with Crippen LogP contribution in [0.5, 0.6) is 0 Å². The zero-order valence-electron chi connectivity index (χ0n) is 25.9. The molecular formula is C31H36N12O2. The topological polar surface area (TPSA) is 169 Å². The summed E-state index contributed by atoms with van der Waals surface area (Å²) in [7, 11) is 3.64. The monoisotopic (exact) mass is 608 g/mol. The first-order valence-corrected chi connectivity index (χ1v) is 14.5. The molecule has 0 bridgehead atoms. The Morgan fingerprint density at radius 3 is 2.49 bits per heavy atom. The zero-order valence-corrected chi connectivity index (χ0v) is 25.9. The lowest BCUT2D eigenvalue weighted by Gasteiger charge is -2.32. The maximum Gasteiger partial charge on any atom is 0.271 e. The van der Waals surface area contributed by atoms with E-state index in [4.69, 9.17) is 0 Å². The van der Waals surface area contributed by atoms with Gasteiger partial charge in [0.05, 0.1) is 17.2 Å². The second-order valence-corrected chi connectivity index (χ2v) is 11.3. The Balaban J connectivity index is 1.40. The summed E-state index contributed by atoms with van der Waals surface area (Å²) >= 11 is 0. The number of hydrazine groups is 1. The minimum Gasteiger partial charge on any atom is -0.354 e. The van der Waals surface area contributed by atoms with Gasteiger partial charge >= 0.3 is 0 Å². The lowest BCUT2D eigenvalue weighted by molar-refractivity contribution is 0.0956. The maximum absolute atomic E-state index is 13.2. The van der Waals surface area contributed by atoms with Crippen LogP contribution in [0.4, 0.5) is 23.0 Å². The van der Waals surface area contributed by atoms with E-state index >= 15 is 0 Å². The zero-order chi connectivity index (χ0) is 32.1. The average Bonchev–Trinajstić information content (AvgIpc) is 3.47. The minimum atomic E-state index is -0.835. The third-order valence-corrected chi connectivity index (χ3v) is 7.51. The Bertz CT molecular complexity index is 1750. The van der Waals surface area contributed by atoms with Crippen molar-refractivity contribution in [3.05, 3.63) is 77.5 Å². The molecule has 1 aliphatic rings. The highest BCUT2D eigenvalue weighted by atomic mass is 16.2. The van der Waals surface area contributed by atoms with Gasteiger partial charge in [-0.25, -0.2) is 15.0 Å². The van der Waals surface area contributed by atoms with Crippen molar-refractivity contribution < 1.29 is 9.59 Å². The molecule has 0 radical (unpaired) electrons. The summed E-state index contributed by atoms with van der Waals surface area (Å²) in [6.45, 7) is 9.00. The summed E-state index contributed by atoms with van der Waals surface area (Å²) in [5.41, 5.74) is 5.72. The van der Waals surface area contributed by atoms with Gasteiger partial charge in [-0.3, -0.25) is 14.6 Å². The van der Waals surface area contributed by atoms with E-state index in [1.54, 1.807) is 62.0 Å². The minimum absolute atomic E-state index is 0.197. The van der Waals surface area contributed by atoms with Crippen molar-refractivity contribution in [2.45, 2.75) is 26.2 Å². The molecule has 4 heterocycles. The SMILES string of the molecule is CNC(=O)c1cc(Nc2cc(NC(=O)c3ccnc(C(C)(C)C#N)c3)ccc2C)n(-c2cc(NN3CCN(C)CC3)ncn2)n1. The molecule has 0 aliphatic carbocycles. The van der Waals surface area contributed by atoms with Crippen LogP contribution in [-0.2, 0) is 5.41 Å². The van der Waals surface area contributed by atoms with E-state index in [0.29, 0.717) is 40.1 Å². The van der Waals surface area contributed by atoms with Gasteiger partial charge in [-0.05, 0) is 57.6 Å². The summed E-state index contributed by atoms with van der Waals surface area (Å²) in [4.78, 5) is 41.0. The number of benzene rings is 1. The van der Waals surface area contributed by atoms with E-state index in [2.05, 4.69) is 64.5 Å². The molecule has 5 rings (SSSR count). The maximum atomic E-state index is 13.2. The van der Waals surface area contributed by atoms with Gasteiger partial charge in [0.2, 0.25) is 0 Å². The molecule has 232 valence electrons. The normalized spacial score (nSPS) is 14.0. The molecule has 0 atom stereocenters. The predicted octanol–water partition coefficient (Wildman–Crippen LogP) is 3.10. The van der Waals surface area contributed by atoms with Gasteiger partial charge in [0.1, 0.15) is 18.0 Å². The molecule has 1 aromatic carbocycles. The number of nitriles is 1. The van der Waals surface area contributed by atoms with Crippen LogP contribution >= 0.6 is 0 Å². The van der Waals surface area contributed by atoms with E-state index in [-0.39, 0.29) is 17.5 Å². The number of aryl methyl sites for hydroxylation is 1. The number of carbonyl (C=O) groups is 2. The fraction of sp³-hybridized carbons (Fsp3) is 0.323. The second kappa shape index (κ2) is 13.1. The van der Waals surface area contributed by atoms with E-state index in [9.17, 15) is 14.9 Å². The summed E-state index contributed by atoms with van der Waals surface area (Å²) in [5, 5.41) is 25.0. The van der Waals surface area contributed by atoms with Gasteiger partial charge in [0.15, 0.2) is 11.5 Å². The molecule has 1 aliphatic heterocycles. The fourth-order valence-electron chi connectivity index (χ4n) is 4.63. The quantitative estimate of drug-likeness (QED) is 0.220. The number of hydrogen-bond acceptors (Lipinski definition) is 11. The molecule has 0 spiro atoms. The summed E-state index contributed by atoms with van der Waals surface area (Å²) in [6, 6.07) is 14.3. The molecule has 3 aromatic heterocycles. The molecule has 0 saturated carbocycles. The van der Waals surface area contributed by atoms with Crippen LogP contribution in [0, 0.1) is 18.3 Å². The van der Waals surface area contributed by atoms with E-state index in [1.807, 2.05) is 13.0 Å². The predicted molar refractivity (Wildman–Crippen MR) is 171 cm³/mol. The number of piperazine rings is 1. The third-order valence-electron chi connectivity index (χ3n) is 7.51. The molecule has 14 heteroatoms. The van der Waals surface area contributed by atoms with Crippen molar-refractivity contribution in [2.24, 2.45) is 0 Å². The Labute approximate surface area is 261 Å². The van der Waals surface area contributed by atoms with Crippen LogP contribution in [0.2, 0.25) is 0 Å². The Morgan fingerprint density at radius 2 is 1.76 bits per heavy atom. The lowest BCUT2D eigenvalue weighted by atomic mass is 9.90. The summed E-state index contributed by atoms with van der Waals surface area (Å²) in [6.07, 6.45) is 2.97. The highest BCUT2D eigenvalue weighted by Gasteiger charge is 2.23. The van der Waals surface area contributed by atoms with Crippen molar-refractivity contribution in [3.63, 3.8) is 0 Å². The number of likely N-dealkylation sites (N-methyl/N-ethyl adjacent to an activating group) is 1. The number of nitrogens with one attached hydrogen (secondary N) is 4. The Hall–Kier alpha value is -5.39. The van der Waals surface area contributed by atoms with Gasteiger partial charge in [0, 0.05) is 68.5 Å². The highest BCUT2D eigenvalue weighted by Crippen LogP contribution is 2.27. The number of carbonyl (C=O) groups excluding carboxylic acids is 2. The molecule has 1 saturated heterocycles. The Kier molecular flexibility index (Phi) is 9.03. The largest absolute Gasteiger partial charge is 0.354 e. The molecule has 0 unspecified atom stereocenters.